The van der Waals surface area contributed by atoms with Crippen LogP contribution in [-0.2, 0) is 32.7 Å². The van der Waals surface area contributed by atoms with Gasteiger partial charge in [-0.15, -0.1) is 0 Å². The Hall–Kier alpha value is -3.85. The maximum atomic E-state index is 12.9. The van der Waals surface area contributed by atoms with Crippen LogP contribution in [0.4, 0.5) is 0 Å². The highest BCUT2D eigenvalue weighted by molar-refractivity contribution is 7.47. The van der Waals surface area contributed by atoms with Crippen LogP contribution in [0.1, 0.15) is 399 Å². The summed E-state index contributed by atoms with van der Waals surface area (Å²) in [5.41, 5.74) is 0. The van der Waals surface area contributed by atoms with E-state index in [1.165, 1.54) is 257 Å². The van der Waals surface area contributed by atoms with E-state index in [1.807, 2.05) is 21.1 Å². The third-order valence-electron chi connectivity index (χ3n) is 19.2. The molecule has 0 amide bonds. The fourth-order valence-electron chi connectivity index (χ4n) is 12.5. The Morgan fingerprint density at radius 3 is 0.827 bits per heavy atom. The van der Waals surface area contributed by atoms with E-state index in [2.05, 4.69) is 148 Å². The van der Waals surface area contributed by atoms with Gasteiger partial charge in [0.1, 0.15) is 19.8 Å². The first-order valence-electron chi connectivity index (χ1n) is 43.9. The van der Waals surface area contributed by atoms with Gasteiger partial charge in [-0.1, -0.05) is 404 Å². The molecule has 9 nitrogen and oxygen atoms in total. The van der Waals surface area contributed by atoms with Gasteiger partial charge in [0.05, 0.1) is 27.7 Å². The summed E-state index contributed by atoms with van der Waals surface area (Å²) in [5, 5.41) is 0. The van der Waals surface area contributed by atoms with Crippen LogP contribution in [-0.4, -0.2) is 74.9 Å². The van der Waals surface area contributed by atoms with E-state index in [1.54, 1.807) is 0 Å². The first-order chi connectivity index (χ1) is 51.0. The van der Waals surface area contributed by atoms with E-state index in [0.29, 0.717) is 17.4 Å². The highest BCUT2D eigenvalue weighted by Crippen LogP contribution is 2.43. The van der Waals surface area contributed by atoms with Gasteiger partial charge in [0.2, 0.25) is 0 Å². The molecule has 0 saturated heterocycles. The van der Waals surface area contributed by atoms with Crippen molar-refractivity contribution in [2.75, 3.05) is 47.5 Å². The Balaban J connectivity index is 3.95. The molecule has 2 unspecified atom stereocenters. The Morgan fingerprint density at radius 2 is 0.548 bits per heavy atom. The number of esters is 2. The van der Waals surface area contributed by atoms with Gasteiger partial charge >= 0.3 is 19.8 Å². The van der Waals surface area contributed by atoms with Gasteiger partial charge in [0.25, 0.3) is 0 Å². The molecule has 10 heteroatoms. The molecule has 0 rings (SSSR count). The van der Waals surface area contributed by atoms with Gasteiger partial charge in [-0.25, -0.2) is 4.57 Å². The smallest absolute Gasteiger partial charge is 0.462 e. The Kier molecular flexibility index (Phi) is 80.1. The van der Waals surface area contributed by atoms with Crippen LogP contribution in [0.5, 0.6) is 0 Å². The minimum atomic E-state index is -4.41. The van der Waals surface area contributed by atoms with Gasteiger partial charge in [-0.2, -0.15) is 0 Å². The minimum Gasteiger partial charge on any atom is -0.462 e. The number of carbonyl (C=O) groups is 2. The quantitative estimate of drug-likeness (QED) is 0.0211. The number of hydrogen-bond donors (Lipinski definition) is 1. The van der Waals surface area contributed by atoms with Crippen molar-refractivity contribution in [1.29, 1.82) is 0 Å². The maximum absolute atomic E-state index is 12.9. The number of phosphoric ester groups is 1. The molecule has 104 heavy (non-hydrogen) atoms. The molecule has 0 aromatic carbocycles. The van der Waals surface area contributed by atoms with Crippen molar-refractivity contribution in [3.63, 3.8) is 0 Å². The van der Waals surface area contributed by atoms with Crippen LogP contribution in [0.15, 0.2) is 134 Å². The van der Waals surface area contributed by atoms with Gasteiger partial charge in [0, 0.05) is 12.8 Å². The average molecular weight is 1470 g/mol. The van der Waals surface area contributed by atoms with Crippen LogP contribution in [0.3, 0.4) is 0 Å². The number of nitrogens with zero attached hydrogens (tertiary/aromatic N) is 1. The largest absolute Gasteiger partial charge is 0.472 e. The number of ether oxygens (including phenoxy) is 2. The Labute approximate surface area is 644 Å². The second-order valence-electron chi connectivity index (χ2n) is 30.5. The van der Waals surface area contributed by atoms with E-state index < -0.39 is 26.5 Å². The highest BCUT2D eigenvalue weighted by atomic mass is 31.2. The molecule has 0 aliphatic heterocycles. The van der Waals surface area contributed by atoms with Crippen molar-refractivity contribution < 1.29 is 42.1 Å². The zero-order valence-corrected chi connectivity index (χ0v) is 69.6. The van der Waals surface area contributed by atoms with Gasteiger partial charge < -0.3 is 18.9 Å². The van der Waals surface area contributed by atoms with Crippen molar-refractivity contribution in [3.05, 3.63) is 134 Å². The van der Waals surface area contributed by atoms with Crippen LogP contribution < -0.4 is 0 Å². The highest BCUT2D eigenvalue weighted by Gasteiger charge is 2.27. The van der Waals surface area contributed by atoms with Crippen LogP contribution in [0.2, 0.25) is 0 Å². The number of quaternary nitrogens is 1. The number of phosphoric acid groups is 1. The molecular formula is C94H167NO8P+. The Bertz CT molecular complexity index is 2230. The lowest BCUT2D eigenvalue weighted by atomic mass is 10.0. The third-order valence-corrected chi connectivity index (χ3v) is 20.1. The van der Waals surface area contributed by atoms with Gasteiger partial charge in [0.15, 0.2) is 6.10 Å². The molecule has 0 aliphatic rings. The lowest BCUT2D eigenvalue weighted by molar-refractivity contribution is -0.870. The SMILES string of the molecule is CC/C=C\C/C=C\C/C=C\C/C=C\C/C=C\C/C=C\C/C=C\C/C=C\C/C=C\C/C=C\CCCCCCCCCCC(=O)OC(COC(=O)CCCCCCCCCCCCCCCCCCCCCCCCCCCCCCC/C=C\CCCCCCCCCC)COP(=O)(O)OCC[N+](C)(C)C. The van der Waals surface area contributed by atoms with Crippen molar-refractivity contribution in [2.45, 2.75) is 405 Å². The number of carbonyl (C=O) groups excluding carboxylic acids is 2. The fourth-order valence-corrected chi connectivity index (χ4v) is 13.3. The topological polar surface area (TPSA) is 108 Å². The molecule has 0 aromatic rings. The first kappa shape index (κ1) is 100. The second kappa shape index (κ2) is 83.2. The number of likely N-dealkylation sites (N-methyl/N-ethyl adjacent to an activating group) is 1. The summed E-state index contributed by atoms with van der Waals surface area (Å²) >= 11 is 0. The molecule has 600 valence electrons. The lowest BCUT2D eigenvalue weighted by Crippen LogP contribution is -2.37. The molecular weight excluding hydrogens is 1300 g/mol. The normalized spacial score (nSPS) is 13.6. The summed E-state index contributed by atoms with van der Waals surface area (Å²) in [5.74, 6) is -0.798. The summed E-state index contributed by atoms with van der Waals surface area (Å²) in [7, 11) is 1.47. The van der Waals surface area contributed by atoms with Crippen molar-refractivity contribution >= 4 is 19.8 Å². The fraction of sp³-hybridized carbons (Fsp3) is 0.745. The number of unbranched alkanes of at least 4 members (excludes halogenated alkanes) is 45. The zero-order chi connectivity index (χ0) is 75.4. The molecule has 0 radical (unpaired) electrons. The monoisotopic (exact) mass is 1470 g/mol. The standard InChI is InChI=1S/C94H166NO8P/c1-6-8-10-12-14-16-18-20-22-24-26-28-30-32-34-36-38-40-42-44-46-47-49-50-52-54-56-58-60-62-64-66-68-70-72-74-76-78-80-82-84-86-93(96)100-90-92(91-102-104(98,99)101-89-88-95(3,4)5)103-94(97)87-85-83-81-79-77-75-73-71-69-67-65-63-61-59-57-55-53-51-48-45-43-41-39-37-35-33-31-29-27-25-23-21-19-17-15-13-11-9-7-2/h9,11,15,17,21,23-24,26-27,29,33,35,39,41,45,48,53,55,59,61,65,67,92H,6-8,10,12-14,16,18-20,22,25,28,30-32,34,36-38,40,42-44,46-47,49-52,54,56-58,60,62-64,66,68-91H2,1-5H3/p+1/b11-9-,17-15-,23-21-,26-24-,29-27-,35-33-,41-39-,48-45-,55-53-,61-59-,67-65-. The van der Waals surface area contributed by atoms with Crippen LogP contribution in [0.25, 0.3) is 0 Å². The number of allylic oxidation sites excluding steroid dienone is 22. The summed E-state index contributed by atoms with van der Waals surface area (Å²) in [4.78, 5) is 36.0. The summed E-state index contributed by atoms with van der Waals surface area (Å²) in [6.45, 7) is 4.35. The van der Waals surface area contributed by atoms with Crippen molar-refractivity contribution in [3.8, 4) is 0 Å². The zero-order valence-electron chi connectivity index (χ0n) is 68.7. The molecule has 0 aliphatic carbocycles. The molecule has 0 fully saturated rings. The van der Waals surface area contributed by atoms with E-state index in [-0.39, 0.29) is 32.0 Å². The van der Waals surface area contributed by atoms with E-state index in [4.69, 9.17) is 18.5 Å². The predicted octanol–water partition coefficient (Wildman–Crippen LogP) is 29.8. The van der Waals surface area contributed by atoms with Crippen molar-refractivity contribution in [2.24, 2.45) is 0 Å². The molecule has 0 bridgehead atoms. The summed E-state index contributed by atoms with van der Waals surface area (Å²) in [6.07, 6.45) is 122. The molecule has 0 aromatic heterocycles. The van der Waals surface area contributed by atoms with Crippen molar-refractivity contribution in [1.82, 2.24) is 0 Å². The molecule has 0 spiro atoms. The van der Waals surface area contributed by atoms with Crippen LogP contribution in [0, 0.1) is 0 Å². The average Bonchev–Trinajstić information content (AvgIpc) is 0.915. The minimum absolute atomic E-state index is 0.0259. The van der Waals surface area contributed by atoms with Crippen LogP contribution >= 0.6 is 7.82 Å². The third kappa shape index (κ3) is 87.1. The Morgan fingerprint density at radius 1 is 0.308 bits per heavy atom. The van der Waals surface area contributed by atoms with E-state index >= 15 is 0 Å². The molecule has 0 saturated carbocycles. The second-order valence-corrected chi connectivity index (χ2v) is 32.0. The first-order valence-corrected chi connectivity index (χ1v) is 45.4. The van der Waals surface area contributed by atoms with Gasteiger partial charge in [-0.05, 0) is 116 Å². The predicted molar refractivity (Wildman–Crippen MR) is 454 cm³/mol. The molecule has 2 atom stereocenters. The molecule has 0 heterocycles. The number of hydrogen-bond acceptors (Lipinski definition) is 7. The lowest BCUT2D eigenvalue weighted by Gasteiger charge is -2.24. The number of rotatable bonds is 81. The summed E-state index contributed by atoms with van der Waals surface area (Å²) < 4.78 is 34.9. The maximum Gasteiger partial charge on any atom is 0.472 e. The van der Waals surface area contributed by atoms with E-state index in [0.717, 1.165) is 109 Å². The molecule has 1 N–H and O–H groups in total. The summed E-state index contributed by atoms with van der Waals surface area (Å²) in [6, 6.07) is 0. The van der Waals surface area contributed by atoms with E-state index in [9.17, 15) is 19.0 Å². The van der Waals surface area contributed by atoms with Gasteiger partial charge in [-0.3, -0.25) is 18.6 Å².